The molecule has 1 heterocycles. The zero-order valence-electron chi connectivity index (χ0n) is 12.0. The summed E-state index contributed by atoms with van der Waals surface area (Å²) in [5, 5.41) is 4.56. The molecule has 1 saturated carbocycles. The molecule has 1 aliphatic rings. The maximum Gasteiger partial charge on any atom is 0.251 e. The minimum Gasteiger partial charge on any atom is -0.317 e. The molecule has 2 unspecified atom stereocenters. The molecule has 3 nitrogen and oxygen atoms in total. The standard InChI is InChI=1S/C17H22N2O/c1-18-15-7-4-6-13(15)11-12-19-16-8-3-2-5-14(16)9-10-17(19)20/h2-3,5,8-10,13,15,18H,4,6-7,11-12H2,1H3. The van der Waals surface area contributed by atoms with Gasteiger partial charge in [0, 0.05) is 18.7 Å². The molecule has 1 aromatic carbocycles. The lowest BCUT2D eigenvalue weighted by molar-refractivity contribution is 0.378. The highest BCUT2D eigenvalue weighted by atomic mass is 16.1. The Hall–Kier alpha value is -1.61. The van der Waals surface area contributed by atoms with E-state index in [-0.39, 0.29) is 5.56 Å². The third-order valence-corrected chi connectivity index (χ3v) is 4.65. The summed E-state index contributed by atoms with van der Waals surface area (Å²) < 4.78 is 1.93. The van der Waals surface area contributed by atoms with E-state index in [9.17, 15) is 4.79 Å². The number of aryl methyl sites for hydroxylation is 1. The number of rotatable bonds is 4. The summed E-state index contributed by atoms with van der Waals surface area (Å²) in [6.45, 7) is 0.822. The van der Waals surface area contributed by atoms with Crippen LogP contribution in [0.2, 0.25) is 0 Å². The van der Waals surface area contributed by atoms with Gasteiger partial charge in [0.25, 0.3) is 5.56 Å². The molecule has 0 bridgehead atoms. The quantitative estimate of drug-likeness (QED) is 0.927. The number of pyridine rings is 1. The van der Waals surface area contributed by atoms with Gasteiger partial charge in [0.1, 0.15) is 0 Å². The van der Waals surface area contributed by atoms with Crippen LogP contribution in [0.3, 0.4) is 0 Å². The Bertz CT molecular complexity index is 647. The van der Waals surface area contributed by atoms with E-state index in [4.69, 9.17) is 0 Å². The average molecular weight is 270 g/mol. The van der Waals surface area contributed by atoms with E-state index < -0.39 is 0 Å². The minimum absolute atomic E-state index is 0.114. The Labute approximate surface area is 119 Å². The Morgan fingerprint density at radius 2 is 2.05 bits per heavy atom. The summed E-state index contributed by atoms with van der Waals surface area (Å²) in [5.74, 6) is 0.700. The zero-order chi connectivity index (χ0) is 13.9. The van der Waals surface area contributed by atoms with Crippen molar-refractivity contribution in [3.63, 3.8) is 0 Å². The van der Waals surface area contributed by atoms with Gasteiger partial charge >= 0.3 is 0 Å². The number of aromatic nitrogens is 1. The molecule has 0 aliphatic heterocycles. The fourth-order valence-electron chi connectivity index (χ4n) is 3.53. The molecule has 1 fully saturated rings. The molecule has 1 N–H and O–H groups in total. The third kappa shape index (κ3) is 2.50. The van der Waals surface area contributed by atoms with Crippen molar-refractivity contribution in [3.05, 3.63) is 46.8 Å². The highest BCUT2D eigenvalue weighted by molar-refractivity contribution is 5.78. The van der Waals surface area contributed by atoms with Gasteiger partial charge in [0.05, 0.1) is 5.52 Å². The largest absolute Gasteiger partial charge is 0.317 e. The van der Waals surface area contributed by atoms with Crippen LogP contribution in [0.25, 0.3) is 10.9 Å². The van der Waals surface area contributed by atoms with Gasteiger partial charge in [0.15, 0.2) is 0 Å². The van der Waals surface area contributed by atoms with Crippen LogP contribution in [0.15, 0.2) is 41.2 Å². The number of fused-ring (bicyclic) bond motifs is 1. The molecule has 1 aromatic heterocycles. The lowest BCUT2D eigenvalue weighted by Crippen LogP contribution is -2.30. The maximum atomic E-state index is 12.1. The normalized spacial score (nSPS) is 22.4. The summed E-state index contributed by atoms with van der Waals surface area (Å²) >= 11 is 0. The van der Waals surface area contributed by atoms with Crippen molar-refractivity contribution in [3.8, 4) is 0 Å². The molecule has 0 saturated heterocycles. The van der Waals surface area contributed by atoms with Crippen molar-refractivity contribution in [2.45, 2.75) is 38.3 Å². The summed E-state index contributed by atoms with van der Waals surface area (Å²) in [5.41, 5.74) is 1.17. The fraction of sp³-hybridized carbons (Fsp3) is 0.471. The predicted octanol–water partition coefficient (Wildman–Crippen LogP) is 2.78. The predicted molar refractivity (Wildman–Crippen MR) is 83.0 cm³/mol. The van der Waals surface area contributed by atoms with Gasteiger partial charge in [-0.3, -0.25) is 4.79 Å². The minimum atomic E-state index is 0.114. The molecule has 0 amide bonds. The van der Waals surface area contributed by atoms with Gasteiger partial charge in [-0.15, -0.1) is 0 Å². The second-order valence-corrected chi connectivity index (χ2v) is 5.76. The van der Waals surface area contributed by atoms with Crippen molar-refractivity contribution >= 4 is 10.9 Å². The van der Waals surface area contributed by atoms with Crippen LogP contribution in [0, 0.1) is 5.92 Å². The number of benzene rings is 1. The van der Waals surface area contributed by atoms with Crippen LogP contribution >= 0.6 is 0 Å². The second kappa shape index (κ2) is 5.80. The van der Waals surface area contributed by atoms with Gasteiger partial charge in [-0.1, -0.05) is 24.6 Å². The topological polar surface area (TPSA) is 34.0 Å². The summed E-state index contributed by atoms with van der Waals surface area (Å²) in [4.78, 5) is 12.1. The Morgan fingerprint density at radius 1 is 1.20 bits per heavy atom. The van der Waals surface area contributed by atoms with Crippen LogP contribution in [-0.2, 0) is 6.54 Å². The third-order valence-electron chi connectivity index (χ3n) is 4.65. The Kier molecular flexibility index (Phi) is 3.88. The van der Waals surface area contributed by atoms with Crippen LogP contribution in [0.4, 0.5) is 0 Å². The van der Waals surface area contributed by atoms with Crippen LogP contribution < -0.4 is 10.9 Å². The molecule has 106 valence electrons. The smallest absolute Gasteiger partial charge is 0.251 e. The monoisotopic (exact) mass is 270 g/mol. The second-order valence-electron chi connectivity index (χ2n) is 5.76. The van der Waals surface area contributed by atoms with Gasteiger partial charge in [-0.2, -0.15) is 0 Å². The number of hydrogen-bond acceptors (Lipinski definition) is 2. The lowest BCUT2D eigenvalue weighted by atomic mass is 9.99. The molecule has 20 heavy (non-hydrogen) atoms. The van der Waals surface area contributed by atoms with E-state index in [2.05, 4.69) is 11.4 Å². The summed E-state index contributed by atoms with van der Waals surface area (Å²) in [7, 11) is 2.05. The Morgan fingerprint density at radius 3 is 2.90 bits per heavy atom. The molecule has 0 spiro atoms. The van der Waals surface area contributed by atoms with Gasteiger partial charge in [-0.05, 0) is 49.7 Å². The van der Waals surface area contributed by atoms with Gasteiger partial charge < -0.3 is 9.88 Å². The molecule has 3 rings (SSSR count). The van der Waals surface area contributed by atoms with Crippen molar-refractivity contribution in [2.75, 3.05) is 7.05 Å². The first kappa shape index (κ1) is 13.4. The first-order valence-corrected chi connectivity index (χ1v) is 7.55. The number of para-hydroxylation sites is 1. The molecule has 1 aliphatic carbocycles. The summed E-state index contributed by atoms with van der Waals surface area (Å²) in [6.07, 6.45) is 4.94. The molecular formula is C17H22N2O. The highest BCUT2D eigenvalue weighted by Gasteiger charge is 2.25. The maximum absolute atomic E-state index is 12.1. The summed E-state index contributed by atoms with van der Waals surface area (Å²) in [6, 6.07) is 12.4. The van der Waals surface area contributed by atoms with E-state index in [1.165, 1.54) is 19.3 Å². The number of nitrogens with zero attached hydrogens (tertiary/aromatic N) is 1. The SMILES string of the molecule is CNC1CCCC1CCn1c(=O)ccc2ccccc21. The van der Waals surface area contributed by atoms with Crippen molar-refractivity contribution in [1.29, 1.82) is 0 Å². The van der Waals surface area contributed by atoms with Gasteiger partial charge in [0.2, 0.25) is 0 Å². The van der Waals surface area contributed by atoms with Crippen LogP contribution in [0.1, 0.15) is 25.7 Å². The van der Waals surface area contributed by atoms with Crippen LogP contribution in [0.5, 0.6) is 0 Å². The Balaban J connectivity index is 1.84. The fourth-order valence-corrected chi connectivity index (χ4v) is 3.53. The first-order valence-electron chi connectivity index (χ1n) is 7.55. The molecule has 2 atom stereocenters. The first-order chi connectivity index (χ1) is 9.79. The lowest BCUT2D eigenvalue weighted by Gasteiger charge is -2.20. The number of nitrogens with one attached hydrogen (secondary N) is 1. The average Bonchev–Trinajstić information content (AvgIpc) is 2.94. The van der Waals surface area contributed by atoms with E-state index in [0.29, 0.717) is 12.0 Å². The molecule has 2 aromatic rings. The van der Waals surface area contributed by atoms with Gasteiger partial charge in [-0.25, -0.2) is 0 Å². The van der Waals surface area contributed by atoms with E-state index in [0.717, 1.165) is 23.9 Å². The van der Waals surface area contributed by atoms with E-state index in [1.807, 2.05) is 35.9 Å². The van der Waals surface area contributed by atoms with Crippen molar-refractivity contribution in [1.82, 2.24) is 9.88 Å². The van der Waals surface area contributed by atoms with E-state index >= 15 is 0 Å². The molecule has 0 radical (unpaired) electrons. The van der Waals surface area contributed by atoms with E-state index in [1.54, 1.807) is 6.07 Å². The van der Waals surface area contributed by atoms with Crippen LogP contribution in [-0.4, -0.2) is 17.7 Å². The molecule has 3 heteroatoms. The van der Waals surface area contributed by atoms with Crippen molar-refractivity contribution < 1.29 is 0 Å². The zero-order valence-corrected chi connectivity index (χ0v) is 12.0. The van der Waals surface area contributed by atoms with Crippen molar-refractivity contribution in [2.24, 2.45) is 5.92 Å². The highest BCUT2D eigenvalue weighted by Crippen LogP contribution is 2.28. The molecular weight excluding hydrogens is 248 g/mol. The number of hydrogen-bond donors (Lipinski definition) is 1.